The van der Waals surface area contributed by atoms with E-state index in [1.165, 1.54) is 14.2 Å². The fourth-order valence-corrected chi connectivity index (χ4v) is 4.96. The lowest BCUT2D eigenvalue weighted by atomic mass is 9.67. The molecule has 0 amide bonds. The lowest BCUT2D eigenvalue weighted by Gasteiger charge is -2.39. The Morgan fingerprint density at radius 3 is 2.18 bits per heavy atom. The predicted molar refractivity (Wildman–Crippen MR) is 125 cm³/mol. The Morgan fingerprint density at radius 2 is 1.59 bits per heavy atom. The van der Waals surface area contributed by atoms with Crippen molar-refractivity contribution in [2.24, 2.45) is 5.92 Å². The molecule has 7 nitrogen and oxygen atoms in total. The molecule has 4 rings (SSSR count). The number of nitrogens with one attached hydrogen (secondary N) is 1. The molecule has 0 saturated carbocycles. The van der Waals surface area contributed by atoms with Crippen LogP contribution in [-0.2, 0) is 23.9 Å². The molecule has 1 aliphatic carbocycles. The molecule has 0 unspecified atom stereocenters. The highest BCUT2D eigenvalue weighted by Crippen LogP contribution is 2.48. The summed E-state index contributed by atoms with van der Waals surface area (Å²) >= 11 is 0. The normalized spacial score (nSPS) is 22.0. The second-order valence-electron chi connectivity index (χ2n) is 8.34. The topological polar surface area (TPSA) is 90.9 Å². The van der Waals surface area contributed by atoms with Crippen LogP contribution in [0.25, 0.3) is 0 Å². The number of esters is 2. The number of hydrogen-bond donors (Lipinski definition) is 1. The van der Waals surface area contributed by atoms with Gasteiger partial charge in [-0.15, -0.1) is 0 Å². The van der Waals surface area contributed by atoms with Gasteiger partial charge in [-0.05, 0) is 36.6 Å². The molecule has 2 aromatic carbocycles. The summed E-state index contributed by atoms with van der Waals surface area (Å²) in [5.74, 6) is -2.92. The molecular formula is C27H27NO6. The van der Waals surface area contributed by atoms with Crippen LogP contribution in [0.5, 0.6) is 5.75 Å². The van der Waals surface area contributed by atoms with Crippen molar-refractivity contribution in [1.82, 2.24) is 5.32 Å². The first-order chi connectivity index (χ1) is 16.4. The smallest absolute Gasteiger partial charge is 0.336 e. The Morgan fingerprint density at radius 1 is 0.912 bits per heavy atom. The van der Waals surface area contributed by atoms with Crippen LogP contribution in [0.1, 0.15) is 36.3 Å². The zero-order valence-corrected chi connectivity index (χ0v) is 19.6. The zero-order chi connectivity index (χ0) is 24.4. The van der Waals surface area contributed by atoms with Crippen LogP contribution < -0.4 is 10.1 Å². The Balaban J connectivity index is 1.88. The molecule has 0 spiro atoms. The highest BCUT2D eigenvalue weighted by Gasteiger charge is 2.48. The fraction of sp³-hybridized carbons (Fsp3) is 0.296. The Labute approximate surface area is 198 Å². The van der Waals surface area contributed by atoms with Gasteiger partial charge in [0.05, 0.1) is 26.9 Å². The van der Waals surface area contributed by atoms with Crippen molar-refractivity contribution < 1.29 is 28.6 Å². The minimum Gasteiger partial charge on any atom is -0.497 e. The molecule has 0 fully saturated rings. The number of hydrogen-bond acceptors (Lipinski definition) is 7. The highest BCUT2D eigenvalue weighted by atomic mass is 16.5. The van der Waals surface area contributed by atoms with Gasteiger partial charge in [-0.25, -0.2) is 4.79 Å². The van der Waals surface area contributed by atoms with E-state index in [-0.39, 0.29) is 5.78 Å². The third-order valence-electron chi connectivity index (χ3n) is 6.56. The lowest BCUT2D eigenvalue weighted by Crippen LogP contribution is -2.43. The van der Waals surface area contributed by atoms with Crippen LogP contribution >= 0.6 is 0 Å². The maximum atomic E-state index is 14.0. The molecule has 0 saturated heterocycles. The van der Waals surface area contributed by atoms with E-state index < -0.39 is 29.7 Å². The number of allylic oxidation sites excluding steroid dienone is 3. The number of benzene rings is 2. The van der Waals surface area contributed by atoms with Gasteiger partial charge in [0.15, 0.2) is 5.78 Å². The van der Waals surface area contributed by atoms with E-state index in [1.807, 2.05) is 42.5 Å². The quantitative estimate of drug-likeness (QED) is 0.537. The summed E-state index contributed by atoms with van der Waals surface area (Å²) in [7, 11) is 4.17. The van der Waals surface area contributed by atoms with E-state index >= 15 is 0 Å². The van der Waals surface area contributed by atoms with Gasteiger partial charge in [0.25, 0.3) is 0 Å². The van der Waals surface area contributed by atoms with E-state index in [0.29, 0.717) is 34.7 Å². The lowest BCUT2D eigenvalue weighted by molar-refractivity contribution is -0.150. The van der Waals surface area contributed by atoms with Gasteiger partial charge in [-0.3, -0.25) is 9.59 Å². The summed E-state index contributed by atoms with van der Waals surface area (Å²) < 4.78 is 15.4. The van der Waals surface area contributed by atoms with Crippen molar-refractivity contribution in [1.29, 1.82) is 0 Å². The standard InChI is InChI=1S/C27H27NO6/c1-15-21(26(30)33-3)22(17-8-6-5-7-9-17)24-20(28-15)14-19(23(25(24)29)27(31)34-4)16-10-12-18(32-2)13-11-16/h5-13,19,22-23,28H,14H2,1-4H3/t19-,22-,23-/m0/s1. The summed E-state index contributed by atoms with van der Waals surface area (Å²) in [6.45, 7) is 1.80. The Kier molecular flexibility index (Phi) is 6.54. The molecule has 7 heteroatoms. The monoisotopic (exact) mass is 461 g/mol. The van der Waals surface area contributed by atoms with Crippen LogP contribution in [0.2, 0.25) is 0 Å². The molecule has 176 valence electrons. The van der Waals surface area contributed by atoms with Gasteiger partial charge in [0, 0.05) is 28.8 Å². The van der Waals surface area contributed by atoms with Gasteiger partial charge in [-0.1, -0.05) is 42.5 Å². The molecule has 0 aromatic heterocycles. The number of Topliss-reactive ketones (excluding diaryl/α,β-unsaturated/α-hetero) is 1. The van der Waals surface area contributed by atoms with Gasteiger partial charge in [0.1, 0.15) is 11.7 Å². The molecule has 2 aromatic rings. The average molecular weight is 462 g/mol. The van der Waals surface area contributed by atoms with Crippen LogP contribution in [0.4, 0.5) is 0 Å². The second-order valence-corrected chi connectivity index (χ2v) is 8.34. The van der Waals surface area contributed by atoms with Gasteiger partial charge in [0.2, 0.25) is 0 Å². The maximum Gasteiger partial charge on any atom is 0.336 e. The predicted octanol–water partition coefficient (Wildman–Crippen LogP) is 3.63. The second kappa shape index (κ2) is 9.55. The average Bonchev–Trinajstić information content (AvgIpc) is 2.87. The molecule has 1 heterocycles. The number of ketones is 1. The zero-order valence-electron chi connectivity index (χ0n) is 19.6. The number of rotatable bonds is 5. The summed E-state index contributed by atoms with van der Waals surface area (Å²) in [4.78, 5) is 39.7. The van der Waals surface area contributed by atoms with Gasteiger partial charge >= 0.3 is 11.9 Å². The minimum atomic E-state index is -1.04. The molecular weight excluding hydrogens is 434 g/mol. The van der Waals surface area contributed by atoms with Crippen LogP contribution in [-0.4, -0.2) is 39.1 Å². The van der Waals surface area contributed by atoms with E-state index in [2.05, 4.69) is 5.32 Å². The summed E-state index contributed by atoms with van der Waals surface area (Å²) in [6.07, 6.45) is 0.405. The van der Waals surface area contributed by atoms with Gasteiger partial charge < -0.3 is 19.5 Å². The first-order valence-electron chi connectivity index (χ1n) is 11.0. The highest BCUT2D eigenvalue weighted by molar-refractivity contribution is 6.13. The van der Waals surface area contributed by atoms with E-state index in [0.717, 1.165) is 11.1 Å². The number of methoxy groups -OCH3 is 3. The van der Waals surface area contributed by atoms with E-state index in [4.69, 9.17) is 14.2 Å². The molecule has 2 aliphatic rings. The van der Waals surface area contributed by atoms with E-state index in [9.17, 15) is 14.4 Å². The third-order valence-corrected chi connectivity index (χ3v) is 6.56. The fourth-order valence-electron chi connectivity index (χ4n) is 4.96. The van der Waals surface area contributed by atoms with Crippen molar-refractivity contribution in [3.8, 4) is 5.75 Å². The van der Waals surface area contributed by atoms with Crippen molar-refractivity contribution >= 4 is 17.7 Å². The van der Waals surface area contributed by atoms with Crippen LogP contribution in [0, 0.1) is 5.92 Å². The van der Waals surface area contributed by atoms with Crippen molar-refractivity contribution in [2.75, 3.05) is 21.3 Å². The first-order valence-corrected chi connectivity index (χ1v) is 11.0. The van der Waals surface area contributed by atoms with Crippen molar-refractivity contribution in [3.63, 3.8) is 0 Å². The summed E-state index contributed by atoms with van der Waals surface area (Å²) in [5, 5.41) is 3.27. The minimum absolute atomic E-state index is 0.354. The summed E-state index contributed by atoms with van der Waals surface area (Å²) in [5.41, 5.74) is 3.68. The molecule has 0 bridgehead atoms. The van der Waals surface area contributed by atoms with Crippen LogP contribution in [0.15, 0.2) is 77.1 Å². The number of carbonyl (C=O) groups is 3. The Bertz CT molecular complexity index is 1180. The largest absolute Gasteiger partial charge is 0.497 e. The van der Waals surface area contributed by atoms with Crippen molar-refractivity contribution in [3.05, 3.63) is 88.3 Å². The van der Waals surface area contributed by atoms with E-state index in [1.54, 1.807) is 26.2 Å². The first kappa shape index (κ1) is 23.3. The molecule has 1 N–H and O–H groups in total. The SMILES string of the molecule is COC(=O)C1=C(C)NC2=C(C(=O)[C@@H](C(=O)OC)[C@H](c3ccc(OC)cc3)C2)[C@H]1c1ccccc1. The molecule has 3 atom stereocenters. The van der Waals surface area contributed by atoms with Crippen LogP contribution in [0.3, 0.4) is 0 Å². The maximum absolute atomic E-state index is 14.0. The molecule has 34 heavy (non-hydrogen) atoms. The third kappa shape index (κ3) is 3.98. The number of dihydropyridines is 1. The molecule has 1 aliphatic heterocycles. The molecule has 0 radical (unpaired) electrons. The summed E-state index contributed by atoms with van der Waals surface area (Å²) in [6, 6.07) is 16.6. The Hall–Kier alpha value is -3.87. The number of ether oxygens (including phenoxy) is 3. The van der Waals surface area contributed by atoms with Gasteiger partial charge in [-0.2, -0.15) is 0 Å². The number of carbonyl (C=O) groups excluding carboxylic acids is 3. The van der Waals surface area contributed by atoms with Crippen molar-refractivity contribution in [2.45, 2.75) is 25.2 Å².